The van der Waals surface area contributed by atoms with E-state index in [9.17, 15) is 9.59 Å². The van der Waals surface area contributed by atoms with Gasteiger partial charge in [-0.1, -0.05) is 42.5 Å². The summed E-state index contributed by atoms with van der Waals surface area (Å²) in [5.74, 6) is -0.305. The molecule has 0 saturated heterocycles. The first-order chi connectivity index (χ1) is 10.2. The van der Waals surface area contributed by atoms with E-state index in [-0.39, 0.29) is 5.91 Å². The Morgan fingerprint density at radius 1 is 1.00 bits per heavy atom. The normalized spacial score (nSPS) is 14.5. The molecule has 0 unspecified atom stereocenters. The number of halogens is 1. The molecule has 0 N–H and O–H groups in total. The third-order valence-corrected chi connectivity index (χ3v) is 3.96. The van der Waals surface area contributed by atoms with E-state index in [0.717, 1.165) is 34.4 Å². The van der Waals surface area contributed by atoms with Crippen LogP contribution >= 0.6 is 11.6 Å². The van der Waals surface area contributed by atoms with Gasteiger partial charge in [0.2, 0.25) is 0 Å². The number of carbonyl (C=O) groups is 2. The van der Waals surface area contributed by atoms with Gasteiger partial charge in [0.15, 0.2) is 0 Å². The Hall–Kier alpha value is -2.13. The standard InChI is InChI=1S/C17H14ClNO2/c18-17(21)19-11-5-10-14-13(12-6-2-1-3-7-12)8-4-9-15(14)16(19)20/h1-4,6-9H,5,10-11H2. The van der Waals surface area contributed by atoms with Crippen molar-refractivity contribution >= 4 is 22.9 Å². The third kappa shape index (κ3) is 2.57. The van der Waals surface area contributed by atoms with Crippen LogP contribution in [-0.4, -0.2) is 22.7 Å². The molecule has 0 saturated carbocycles. The molecule has 3 rings (SSSR count). The molecule has 2 aromatic rings. The van der Waals surface area contributed by atoms with Gasteiger partial charge in [-0.05, 0) is 47.2 Å². The lowest BCUT2D eigenvalue weighted by Crippen LogP contribution is -2.33. The first-order valence-corrected chi connectivity index (χ1v) is 7.25. The first-order valence-electron chi connectivity index (χ1n) is 6.87. The smallest absolute Gasteiger partial charge is 0.269 e. The van der Waals surface area contributed by atoms with Crippen LogP contribution in [0.3, 0.4) is 0 Å². The summed E-state index contributed by atoms with van der Waals surface area (Å²) < 4.78 is 0. The van der Waals surface area contributed by atoms with Crippen molar-refractivity contribution in [1.29, 1.82) is 0 Å². The van der Waals surface area contributed by atoms with Gasteiger partial charge >= 0.3 is 5.37 Å². The van der Waals surface area contributed by atoms with Crippen LogP contribution in [0.2, 0.25) is 0 Å². The zero-order valence-corrected chi connectivity index (χ0v) is 12.1. The summed E-state index contributed by atoms with van der Waals surface area (Å²) in [5, 5.41) is -0.710. The summed E-state index contributed by atoms with van der Waals surface area (Å²) in [6.07, 6.45) is 1.48. The Labute approximate surface area is 128 Å². The molecule has 0 fully saturated rings. The van der Waals surface area contributed by atoms with E-state index in [1.807, 2.05) is 42.5 Å². The fourth-order valence-electron chi connectivity index (χ4n) is 2.77. The average Bonchev–Trinajstić information content (AvgIpc) is 2.67. The van der Waals surface area contributed by atoms with Crippen molar-refractivity contribution in [1.82, 2.24) is 4.90 Å². The van der Waals surface area contributed by atoms with Gasteiger partial charge in [-0.3, -0.25) is 14.5 Å². The van der Waals surface area contributed by atoms with E-state index >= 15 is 0 Å². The van der Waals surface area contributed by atoms with Gasteiger partial charge < -0.3 is 0 Å². The molecular formula is C17H14ClNO2. The van der Waals surface area contributed by atoms with Gasteiger partial charge in [-0.25, -0.2) is 0 Å². The van der Waals surface area contributed by atoms with Gasteiger partial charge in [0.05, 0.1) is 0 Å². The van der Waals surface area contributed by atoms with Crippen LogP contribution < -0.4 is 0 Å². The van der Waals surface area contributed by atoms with E-state index < -0.39 is 5.37 Å². The van der Waals surface area contributed by atoms with Crippen molar-refractivity contribution in [2.75, 3.05) is 6.54 Å². The molecule has 21 heavy (non-hydrogen) atoms. The molecule has 0 radical (unpaired) electrons. The van der Waals surface area contributed by atoms with Crippen molar-refractivity contribution in [3.63, 3.8) is 0 Å². The Bertz CT molecular complexity index is 697. The number of carbonyl (C=O) groups excluding carboxylic acids is 2. The monoisotopic (exact) mass is 299 g/mol. The van der Waals surface area contributed by atoms with E-state index in [1.165, 1.54) is 0 Å². The number of fused-ring (bicyclic) bond motifs is 1. The highest BCUT2D eigenvalue weighted by atomic mass is 35.5. The van der Waals surface area contributed by atoms with Crippen LogP contribution in [-0.2, 0) is 6.42 Å². The maximum Gasteiger partial charge on any atom is 0.323 e. The van der Waals surface area contributed by atoms with Gasteiger partial charge in [-0.2, -0.15) is 0 Å². The number of rotatable bonds is 1. The minimum Gasteiger partial charge on any atom is -0.269 e. The van der Waals surface area contributed by atoms with E-state index in [2.05, 4.69) is 0 Å². The van der Waals surface area contributed by atoms with Crippen LogP contribution in [0.1, 0.15) is 22.3 Å². The molecule has 3 nitrogen and oxygen atoms in total. The number of benzene rings is 2. The molecule has 106 valence electrons. The fourth-order valence-corrected chi connectivity index (χ4v) is 2.93. The summed E-state index contributed by atoms with van der Waals surface area (Å²) in [6, 6.07) is 15.6. The third-order valence-electron chi connectivity index (χ3n) is 3.76. The highest BCUT2D eigenvalue weighted by Gasteiger charge is 2.27. The zero-order chi connectivity index (χ0) is 14.8. The maximum atomic E-state index is 12.5. The van der Waals surface area contributed by atoms with Gasteiger partial charge in [0.25, 0.3) is 5.91 Å². The molecule has 0 aliphatic carbocycles. The molecule has 0 aromatic heterocycles. The highest BCUT2D eigenvalue weighted by molar-refractivity contribution is 6.64. The van der Waals surface area contributed by atoms with Crippen LogP contribution in [0.25, 0.3) is 11.1 Å². The van der Waals surface area contributed by atoms with Gasteiger partial charge in [0.1, 0.15) is 0 Å². The minimum atomic E-state index is -0.710. The Morgan fingerprint density at radius 3 is 2.43 bits per heavy atom. The quantitative estimate of drug-likeness (QED) is 0.587. The lowest BCUT2D eigenvalue weighted by Gasteiger charge is -2.15. The number of nitrogens with zero attached hydrogens (tertiary/aromatic N) is 1. The van der Waals surface area contributed by atoms with Crippen molar-refractivity contribution in [3.8, 4) is 11.1 Å². The number of amides is 2. The van der Waals surface area contributed by atoms with Crippen molar-refractivity contribution in [3.05, 3.63) is 59.7 Å². The molecule has 1 heterocycles. The van der Waals surface area contributed by atoms with Crippen molar-refractivity contribution in [2.24, 2.45) is 0 Å². The van der Waals surface area contributed by atoms with E-state index in [1.54, 1.807) is 6.07 Å². The van der Waals surface area contributed by atoms with Gasteiger partial charge in [-0.15, -0.1) is 0 Å². The lowest BCUT2D eigenvalue weighted by atomic mass is 9.93. The summed E-state index contributed by atoms with van der Waals surface area (Å²) in [5.41, 5.74) is 3.69. The van der Waals surface area contributed by atoms with Crippen molar-refractivity contribution in [2.45, 2.75) is 12.8 Å². The Balaban J connectivity index is 2.13. The Kier molecular flexibility index (Phi) is 3.76. The topological polar surface area (TPSA) is 37.4 Å². The molecule has 0 spiro atoms. The summed E-state index contributed by atoms with van der Waals surface area (Å²) >= 11 is 5.51. The number of hydrogen-bond donors (Lipinski definition) is 0. The van der Waals surface area contributed by atoms with Crippen LogP contribution in [0, 0.1) is 0 Å². The largest absolute Gasteiger partial charge is 0.323 e. The predicted molar refractivity (Wildman–Crippen MR) is 82.5 cm³/mol. The molecular weight excluding hydrogens is 286 g/mol. The second-order valence-electron chi connectivity index (χ2n) is 5.01. The Morgan fingerprint density at radius 2 is 1.71 bits per heavy atom. The minimum absolute atomic E-state index is 0.305. The van der Waals surface area contributed by atoms with Gasteiger partial charge in [0, 0.05) is 12.1 Å². The molecule has 0 atom stereocenters. The van der Waals surface area contributed by atoms with Crippen LogP contribution in [0.15, 0.2) is 48.5 Å². The SMILES string of the molecule is O=C(Cl)N1CCCc2c(cccc2-c2ccccc2)C1=O. The maximum absolute atomic E-state index is 12.5. The number of hydrogen-bond acceptors (Lipinski definition) is 2. The zero-order valence-electron chi connectivity index (χ0n) is 11.4. The summed E-state index contributed by atoms with van der Waals surface area (Å²) in [4.78, 5) is 25.0. The second kappa shape index (κ2) is 5.70. The molecule has 2 amide bonds. The van der Waals surface area contributed by atoms with Crippen LogP contribution in [0.4, 0.5) is 4.79 Å². The summed E-state index contributed by atoms with van der Waals surface area (Å²) in [7, 11) is 0. The molecule has 1 aliphatic heterocycles. The molecule has 4 heteroatoms. The lowest BCUT2D eigenvalue weighted by molar-refractivity contribution is 0.0824. The first kappa shape index (κ1) is 13.8. The second-order valence-corrected chi connectivity index (χ2v) is 5.33. The van der Waals surface area contributed by atoms with E-state index in [4.69, 9.17) is 11.6 Å². The molecule has 1 aliphatic rings. The molecule has 2 aromatic carbocycles. The number of imide groups is 1. The van der Waals surface area contributed by atoms with E-state index in [0.29, 0.717) is 12.1 Å². The average molecular weight is 300 g/mol. The van der Waals surface area contributed by atoms with Crippen LogP contribution in [0.5, 0.6) is 0 Å². The molecule has 0 bridgehead atoms. The summed E-state index contributed by atoms with van der Waals surface area (Å²) in [6.45, 7) is 0.365. The highest BCUT2D eigenvalue weighted by Crippen LogP contribution is 2.30. The van der Waals surface area contributed by atoms with Crippen molar-refractivity contribution < 1.29 is 9.59 Å². The predicted octanol–water partition coefficient (Wildman–Crippen LogP) is 4.10. The fraction of sp³-hybridized carbons (Fsp3) is 0.176.